The average molecular weight is 323 g/mol. The number of aliphatic imine (C=N–C) groups is 1. The molecule has 2 rings (SSSR count). The Kier molecular flexibility index (Phi) is 4.45. The predicted molar refractivity (Wildman–Crippen MR) is 82.3 cm³/mol. The van der Waals surface area contributed by atoms with Gasteiger partial charge in [-0.1, -0.05) is 17.8 Å². The van der Waals surface area contributed by atoms with Crippen molar-refractivity contribution >= 4 is 40.2 Å². The lowest BCUT2D eigenvalue weighted by Crippen LogP contribution is -2.33. The number of amides is 1. The van der Waals surface area contributed by atoms with Crippen molar-refractivity contribution in [2.45, 2.75) is 18.6 Å². The van der Waals surface area contributed by atoms with Crippen LogP contribution in [0.4, 0.5) is 11.4 Å². The second-order valence-corrected chi connectivity index (χ2v) is 5.78. The zero-order valence-electron chi connectivity index (χ0n) is 11.8. The van der Waals surface area contributed by atoms with Gasteiger partial charge >= 0.3 is 5.97 Å². The number of carbonyl (C=O) groups excluding carboxylic acids is 1. The molecule has 0 unspecified atom stereocenters. The highest BCUT2D eigenvalue weighted by Gasteiger charge is 2.40. The Morgan fingerprint density at radius 2 is 2.23 bits per heavy atom. The lowest BCUT2D eigenvalue weighted by molar-refractivity contribution is -0.384. The van der Waals surface area contributed by atoms with Gasteiger partial charge in [-0.3, -0.25) is 29.6 Å². The van der Waals surface area contributed by atoms with Crippen LogP contribution in [0.15, 0.2) is 23.2 Å². The maximum atomic E-state index is 12.4. The van der Waals surface area contributed by atoms with Gasteiger partial charge in [0.25, 0.3) is 5.69 Å². The summed E-state index contributed by atoms with van der Waals surface area (Å²) in [6.45, 7) is 1.72. The van der Waals surface area contributed by atoms with Crippen molar-refractivity contribution in [3.63, 3.8) is 0 Å². The van der Waals surface area contributed by atoms with Gasteiger partial charge in [-0.25, -0.2) is 0 Å². The fourth-order valence-corrected chi connectivity index (χ4v) is 3.17. The minimum Gasteiger partial charge on any atom is -0.481 e. The molecule has 0 bridgehead atoms. The topological polar surface area (TPSA) is 113 Å². The van der Waals surface area contributed by atoms with E-state index in [4.69, 9.17) is 5.11 Å². The van der Waals surface area contributed by atoms with E-state index in [0.717, 1.165) is 11.8 Å². The molecule has 0 aliphatic carbocycles. The number of carboxylic acids is 1. The number of rotatable bonds is 4. The summed E-state index contributed by atoms with van der Waals surface area (Å²) in [6.07, 6.45) is -0.326. The number of nitro benzene ring substituents is 1. The summed E-state index contributed by atoms with van der Waals surface area (Å²) in [5, 5.41) is 19.3. The van der Waals surface area contributed by atoms with Gasteiger partial charge in [-0.15, -0.1) is 0 Å². The van der Waals surface area contributed by atoms with E-state index < -0.39 is 22.0 Å². The van der Waals surface area contributed by atoms with Crippen molar-refractivity contribution in [1.82, 2.24) is 0 Å². The highest BCUT2D eigenvalue weighted by atomic mass is 32.2. The lowest BCUT2D eigenvalue weighted by Gasteiger charge is -2.18. The van der Waals surface area contributed by atoms with Crippen LogP contribution in [0.5, 0.6) is 0 Å². The first kappa shape index (κ1) is 16.0. The first-order chi connectivity index (χ1) is 10.3. The largest absolute Gasteiger partial charge is 0.481 e. The first-order valence-electron chi connectivity index (χ1n) is 6.29. The molecule has 1 heterocycles. The quantitative estimate of drug-likeness (QED) is 0.668. The molecule has 1 N–H and O–H groups in total. The van der Waals surface area contributed by atoms with Crippen molar-refractivity contribution < 1.29 is 19.6 Å². The number of hydrogen-bond acceptors (Lipinski definition) is 6. The third-order valence-electron chi connectivity index (χ3n) is 3.13. The van der Waals surface area contributed by atoms with E-state index in [0.29, 0.717) is 16.4 Å². The molecule has 22 heavy (non-hydrogen) atoms. The second kappa shape index (κ2) is 6.14. The number of non-ortho nitro benzene ring substituents is 1. The smallest absolute Gasteiger partial charge is 0.305 e. The molecular weight excluding hydrogens is 310 g/mol. The molecule has 1 aliphatic heterocycles. The van der Waals surface area contributed by atoms with E-state index in [1.54, 1.807) is 13.0 Å². The van der Waals surface area contributed by atoms with E-state index in [1.807, 2.05) is 0 Å². The Morgan fingerprint density at radius 1 is 1.55 bits per heavy atom. The van der Waals surface area contributed by atoms with Crippen LogP contribution in [0, 0.1) is 17.0 Å². The summed E-state index contributed by atoms with van der Waals surface area (Å²) in [4.78, 5) is 38.9. The normalized spacial score (nSPS) is 19.7. The summed E-state index contributed by atoms with van der Waals surface area (Å²) < 4.78 is 0. The van der Waals surface area contributed by atoms with Crippen LogP contribution in [0.25, 0.3) is 0 Å². The highest BCUT2D eigenvalue weighted by Crippen LogP contribution is 2.36. The Balaban J connectivity index is 2.46. The molecule has 0 spiro atoms. The Hall–Kier alpha value is -2.42. The van der Waals surface area contributed by atoms with Crippen LogP contribution >= 0.6 is 11.8 Å². The van der Waals surface area contributed by atoms with Gasteiger partial charge in [0.1, 0.15) is 5.25 Å². The molecule has 1 aliphatic rings. The van der Waals surface area contributed by atoms with Gasteiger partial charge in [-0.05, 0) is 12.5 Å². The van der Waals surface area contributed by atoms with E-state index in [1.165, 1.54) is 24.1 Å². The van der Waals surface area contributed by atoms with Crippen molar-refractivity contribution in [1.29, 1.82) is 0 Å². The molecule has 0 radical (unpaired) electrons. The van der Waals surface area contributed by atoms with E-state index in [2.05, 4.69) is 4.99 Å². The molecule has 1 aromatic carbocycles. The van der Waals surface area contributed by atoms with Crippen LogP contribution in [0.2, 0.25) is 0 Å². The van der Waals surface area contributed by atoms with Crippen molar-refractivity contribution in [3.05, 3.63) is 33.9 Å². The number of amidine groups is 1. The third-order valence-corrected chi connectivity index (χ3v) is 4.36. The molecule has 0 saturated carbocycles. The van der Waals surface area contributed by atoms with Crippen LogP contribution in [-0.2, 0) is 9.59 Å². The van der Waals surface area contributed by atoms with Crippen LogP contribution < -0.4 is 4.90 Å². The molecule has 1 atom stereocenters. The molecule has 1 saturated heterocycles. The van der Waals surface area contributed by atoms with Gasteiger partial charge in [0.2, 0.25) is 5.91 Å². The van der Waals surface area contributed by atoms with Crippen molar-refractivity contribution in [2.75, 3.05) is 11.9 Å². The summed E-state index contributed by atoms with van der Waals surface area (Å²) in [5.41, 5.74) is 0.868. The minimum absolute atomic E-state index is 0.143. The third kappa shape index (κ3) is 2.93. The number of hydrogen-bond donors (Lipinski definition) is 1. The summed E-state index contributed by atoms with van der Waals surface area (Å²) >= 11 is 1.05. The SMILES string of the molecule is CN=C1S[C@@H](CC(=O)O)C(=O)N1c1cc([N+](=O)[O-])ccc1C. The predicted octanol–water partition coefficient (Wildman–Crippen LogP) is 1.81. The van der Waals surface area contributed by atoms with E-state index in [9.17, 15) is 19.7 Å². The summed E-state index contributed by atoms with van der Waals surface area (Å²) in [6, 6.07) is 4.19. The molecule has 1 amide bonds. The van der Waals surface area contributed by atoms with Gasteiger partial charge < -0.3 is 5.11 Å². The highest BCUT2D eigenvalue weighted by molar-refractivity contribution is 8.16. The van der Waals surface area contributed by atoms with Crippen molar-refractivity contribution in [2.24, 2.45) is 4.99 Å². The molecule has 8 nitrogen and oxygen atoms in total. The van der Waals surface area contributed by atoms with Crippen LogP contribution in [0.3, 0.4) is 0 Å². The number of anilines is 1. The lowest BCUT2D eigenvalue weighted by atomic mass is 10.1. The minimum atomic E-state index is -1.08. The molecule has 116 valence electrons. The van der Waals surface area contributed by atoms with Gasteiger partial charge in [0.15, 0.2) is 5.17 Å². The number of carbonyl (C=O) groups is 2. The fourth-order valence-electron chi connectivity index (χ4n) is 2.08. The maximum Gasteiger partial charge on any atom is 0.305 e. The van der Waals surface area contributed by atoms with E-state index in [-0.39, 0.29) is 12.1 Å². The van der Waals surface area contributed by atoms with Crippen LogP contribution in [-0.4, -0.2) is 39.4 Å². The number of carboxylic acid groups (broad SMARTS) is 1. The first-order valence-corrected chi connectivity index (χ1v) is 7.17. The summed E-state index contributed by atoms with van der Waals surface area (Å²) in [5.74, 6) is -1.52. The number of nitro groups is 1. The molecule has 9 heteroatoms. The Labute approximate surface area is 130 Å². The number of aliphatic carboxylic acids is 1. The van der Waals surface area contributed by atoms with Gasteiger partial charge in [0, 0.05) is 19.2 Å². The van der Waals surface area contributed by atoms with Crippen molar-refractivity contribution in [3.8, 4) is 0 Å². The fraction of sp³-hybridized carbons (Fsp3) is 0.308. The maximum absolute atomic E-state index is 12.4. The Bertz CT molecular complexity index is 688. The Morgan fingerprint density at radius 3 is 2.77 bits per heavy atom. The number of benzene rings is 1. The van der Waals surface area contributed by atoms with Crippen LogP contribution in [0.1, 0.15) is 12.0 Å². The molecular formula is C13H13N3O5S. The molecule has 0 aromatic heterocycles. The number of aryl methyl sites for hydroxylation is 1. The average Bonchev–Trinajstić information content (AvgIpc) is 2.75. The summed E-state index contributed by atoms with van der Waals surface area (Å²) in [7, 11) is 1.48. The zero-order chi connectivity index (χ0) is 16.4. The van der Waals surface area contributed by atoms with E-state index >= 15 is 0 Å². The zero-order valence-corrected chi connectivity index (χ0v) is 12.7. The second-order valence-electron chi connectivity index (χ2n) is 4.61. The van der Waals surface area contributed by atoms with Gasteiger partial charge in [-0.2, -0.15) is 0 Å². The molecule has 1 aromatic rings. The van der Waals surface area contributed by atoms with Gasteiger partial charge in [0.05, 0.1) is 17.0 Å². The number of nitrogens with zero attached hydrogens (tertiary/aromatic N) is 3. The molecule has 1 fully saturated rings. The monoisotopic (exact) mass is 323 g/mol. The standard InChI is InChI=1S/C13H13N3O5S/c1-7-3-4-8(16(20)21)5-9(7)15-12(19)10(6-11(17)18)22-13(15)14-2/h3-5,10H,6H2,1-2H3,(H,17,18)/t10-/m0/s1. The number of thioether (sulfide) groups is 1.